The Morgan fingerprint density at radius 2 is 1.72 bits per heavy atom. The maximum absolute atomic E-state index is 13.1. The summed E-state index contributed by atoms with van der Waals surface area (Å²) in [5, 5.41) is 18.6. The Kier molecular flexibility index (Phi) is 5.30. The van der Waals surface area contributed by atoms with Crippen molar-refractivity contribution in [2.24, 2.45) is 0 Å². The number of benzene rings is 2. The molecule has 0 aliphatic carbocycles. The van der Waals surface area contributed by atoms with Crippen LogP contribution in [0.25, 0.3) is 16.9 Å². The first-order chi connectivity index (χ1) is 17.1. The minimum Gasteiger partial charge on any atom is -0.443 e. The van der Waals surface area contributed by atoms with Gasteiger partial charge in [-0.05, 0) is 63.1 Å². The number of pyridine rings is 1. The summed E-state index contributed by atoms with van der Waals surface area (Å²) in [7, 11) is 0. The van der Waals surface area contributed by atoms with Crippen LogP contribution in [0.15, 0.2) is 67.0 Å². The van der Waals surface area contributed by atoms with Crippen LogP contribution >= 0.6 is 0 Å². The lowest BCUT2D eigenvalue weighted by molar-refractivity contribution is 0.0580. The topological polar surface area (TPSA) is 94.4 Å². The van der Waals surface area contributed by atoms with E-state index in [2.05, 4.69) is 36.2 Å². The third-order valence-electron chi connectivity index (χ3n) is 6.51. The Balaban J connectivity index is 1.51. The van der Waals surface area contributed by atoms with Crippen molar-refractivity contribution in [1.29, 1.82) is 10.5 Å². The Hall–Kier alpha value is -4.62. The molecule has 0 N–H and O–H groups in total. The number of carbonyl (C=O) groups excluding carboxylic acids is 1. The predicted octanol–water partition coefficient (Wildman–Crippen LogP) is 5.81. The minimum atomic E-state index is -0.632. The van der Waals surface area contributed by atoms with E-state index in [4.69, 9.17) is 10.00 Å². The standard InChI is InChI=1S/C29H25N5O2/c1-28(2,3)36-27(35)34-18-29(4,23-10-5-19(15-30)13-25(23)34)22-8-6-21(7-9-22)24-17-33-12-11-20(16-31)14-26(33)32-24/h5-14,17H,18H2,1-4H3. The monoisotopic (exact) mass is 475 g/mol. The first kappa shape index (κ1) is 23.1. The maximum Gasteiger partial charge on any atom is 0.414 e. The molecule has 1 aliphatic heterocycles. The highest BCUT2D eigenvalue weighted by atomic mass is 16.6. The number of amides is 1. The Labute approximate surface area is 209 Å². The van der Waals surface area contributed by atoms with E-state index in [1.807, 2.05) is 55.8 Å². The molecule has 7 nitrogen and oxygen atoms in total. The highest BCUT2D eigenvalue weighted by Crippen LogP contribution is 2.46. The molecule has 4 aromatic rings. The fourth-order valence-corrected chi connectivity index (χ4v) is 4.70. The van der Waals surface area contributed by atoms with Gasteiger partial charge in [-0.1, -0.05) is 30.3 Å². The van der Waals surface area contributed by atoms with E-state index in [9.17, 15) is 10.1 Å². The molecule has 36 heavy (non-hydrogen) atoms. The van der Waals surface area contributed by atoms with Crippen molar-refractivity contribution >= 4 is 17.4 Å². The average Bonchev–Trinajstić information content (AvgIpc) is 3.42. The summed E-state index contributed by atoms with van der Waals surface area (Å²) in [4.78, 5) is 19.4. The van der Waals surface area contributed by atoms with Crippen molar-refractivity contribution in [2.75, 3.05) is 11.4 Å². The van der Waals surface area contributed by atoms with Gasteiger partial charge >= 0.3 is 6.09 Å². The average molecular weight is 476 g/mol. The molecule has 1 aliphatic rings. The Morgan fingerprint density at radius 1 is 1.03 bits per heavy atom. The lowest BCUT2D eigenvalue weighted by Gasteiger charge is -2.28. The van der Waals surface area contributed by atoms with Crippen LogP contribution in [0.3, 0.4) is 0 Å². The van der Waals surface area contributed by atoms with Gasteiger partial charge in [0, 0.05) is 29.9 Å². The second-order valence-electron chi connectivity index (χ2n) is 10.2. The van der Waals surface area contributed by atoms with Crippen LogP contribution in [0.1, 0.15) is 49.9 Å². The Morgan fingerprint density at radius 3 is 2.39 bits per heavy atom. The van der Waals surface area contributed by atoms with Gasteiger partial charge in [-0.3, -0.25) is 4.90 Å². The zero-order valence-corrected chi connectivity index (χ0v) is 20.6. The largest absolute Gasteiger partial charge is 0.443 e. The number of carbonyl (C=O) groups is 1. The smallest absolute Gasteiger partial charge is 0.414 e. The molecule has 0 radical (unpaired) electrons. The maximum atomic E-state index is 13.1. The van der Waals surface area contributed by atoms with Crippen LogP contribution < -0.4 is 4.90 Å². The highest BCUT2D eigenvalue weighted by molar-refractivity contribution is 5.92. The van der Waals surface area contributed by atoms with Gasteiger partial charge in [-0.2, -0.15) is 10.5 Å². The lowest BCUT2D eigenvalue weighted by atomic mass is 9.77. The molecule has 0 fully saturated rings. The first-order valence-corrected chi connectivity index (χ1v) is 11.7. The van der Waals surface area contributed by atoms with Gasteiger partial charge in [0.2, 0.25) is 0 Å². The number of ether oxygens (including phenoxy) is 1. The van der Waals surface area contributed by atoms with Crippen LogP contribution in [-0.2, 0) is 10.2 Å². The molecule has 7 heteroatoms. The highest BCUT2D eigenvalue weighted by Gasteiger charge is 2.44. The molecule has 1 amide bonds. The van der Waals surface area contributed by atoms with Gasteiger partial charge in [0.15, 0.2) is 0 Å². The number of fused-ring (bicyclic) bond motifs is 2. The summed E-state index contributed by atoms with van der Waals surface area (Å²) in [6, 6.07) is 21.5. The summed E-state index contributed by atoms with van der Waals surface area (Å²) >= 11 is 0. The van der Waals surface area contributed by atoms with E-state index >= 15 is 0 Å². The number of aromatic nitrogens is 2. The van der Waals surface area contributed by atoms with E-state index in [0.29, 0.717) is 29.0 Å². The van der Waals surface area contributed by atoms with Gasteiger partial charge in [-0.15, -0.1) is 0 Å². The van der Waals surface area contributed by atoms with E-state index in [-0.39, 0.29) is 0 Å². The number of hydrogen-bond acceptors (Lipinski definition) is 5. The van der Waals surface area contributed by atoms with Gasteiger partial charge in [0.05, 0.1) is 34.6 Å². The molecule has 0 bridgehead atoms. The Bertz CT molecular complexity index is 1580. The zero-order chi connectivity index (χ0) is 25.7. The number of nitriles is 2. The third kappa shape index (κ3) is 3.95. The van der Waals surface area contributed by atoms with Gasteiger partial charge in [0.25, 0.3) is 0 Å². The van der Waals surface area contributed by atoms with E-state index in [1.54, 1.807) is 29.2 Å². The molecule has 0 saturated carbocycles. The molecule has 178 valence electrons. The van der Waals surface area contributed by atoms with Crippen LogP contribution in [0.2, 0.25) is 0 Å². The molecule has 5 rings (SSSR count). The molecule has 1 unspecified atom stereocenters. The second-order valence-corrected chi connectivity index (χ2v) is 10.2. The van der Waals surface area contributed by atoms with Crippen molar-refractivity contribution in [1.82, 2.24) is 9.38 Å². The van der Waals surface area contributed by atoms with Crippen LogP contribution in [-0.4, -0.2) is 27.6 Å². The van der Waals surface area contributed by atoms with Crippen molar-refractivity contribution in [3.63, 3.8) is 0 Å². The molecule has 2 aromatic carbocycles. The summed E-state index contributed by atoms with van der Waals surface area (Å²) < 4.78 is 7.57. The number of imidazole rings is 1. The normalized spacial score (nSPS) is 16.9. The second kappa shape index (κ2) is 8.25. The molecule has 1 atom stereocenters. The van der Waals surface area contributed by atoms with Crippen molar-refractivity contribution in [3.05, 3.63) is 89.2 Å². The summed E-state index contributed by atoms with van der Waals surface area (Å²) in [5.41, 5.74) is 5.12. The lowest BCUT2D eigenvalue weighted by Crippen LogP contribution is -2.39. The summed E-state index contributed by atoms with van der Waals surface area (Å²) in [5.74, 6) is 0. The summed E-state index contributed by atoms with van der Waals surface area (Å²) in [6.07, 6.45) is 3.34. The molecule has 2 aromatic heterocycles. The van der Waals surface area contributed by atoms with Gasteiger partial charge < -0.3 is 9.14 Å². The van der Waals surface area contributed by atoms with E-state index in [0.717, 1.165) is 22.4 Å². The number of hydrogen-bond donors (Lipinski definition) is 0. The number of anilines is 1. The molecule has 3 heterocycles. The van der Waals surface area contributed by atoms with E-state index < -0.39 is 17.1 Å². The quantitative estimate of drug-likeness (QED) is 0.365. The molecule has 0 saturated heterocycles. The summed E-state index contributed by atoms with van der Waals surface area (Å²) in [6.45, 7) is 8.02. The number of rotatable bonds is 2. The number of nitrogens with zero attached hydrogens (tertiary/aromatic N) is 5. The predicted molar refractivity (Wildman–Crippen MR) is 137 cm³/mol. The van der Waals surface area contributed by atoms with E-state index in [1.165, 1.54) is 0 Å². The fraction of sp³-hybridized carbons (Fsp3) is 0.241. The first-order valence-electron chi connectivity index (χ1n) is 11.7. The molecular weight excluding hydrogens is 450 g/mol. The van der Waals surface area contributed by atoms with Crippen molar-refractivity contribution in [3.8, 4) is 23.4 Å². The fourth-order valence-electron chi connectivity index (χ4n) is 4.70. The van der Waals surface area contributed by atoms with Crippen molar-refractivity contribution < 1.29 is 9.53 Å². The zero-order valence-electron chi connectivity index (χ0n) is 20.6. The van der Waals surface area contributed by atoms with Gasteiger partial charge in [-0.25, -0.2) is 9.78 Å². The third-order valence-corrected chi connectivity index (χ3v) is 6.51. The SMILES string of the molecule is CC(C)(C)OC(=O)N1CC(C)(c2ccc(-c3cn4ccc(C#N)cc4n3)cc2)c2ccc(C#N)cc21. The van der Waals surface area contributed by atoms with Gasteiger partial charge in [0.1, 0.15) is 11.2 Å². The van der Waals surface area contributed by atoms with Crippen LogP contribution in [0.5, 0.6) is 0 Å². The minimum absolute atomic E-state index is 0.400. The van der Waals surface area contributed by atoms with Crippen molar-refractivity contribution in [2.45, 2.75) is 38.7 Å². The van der Waals surface area contributed by atoms with Crippen LogP contribution in [0.4, 0.5) is 10.5 Å². The molecular formula is C29H25N5O2. The van der Waals surface area contributed by atoms with Crippen LogP contribution in [0, 0.1) is 22.7 Å². The molecule has 0 spiro atoms.